The number of guanidine groups is 1. The minimum Gasteiger partial charge on any atom is -0.382 e. The third kappa shape index (κ3) is 5.13. The molecule has 0 amide bonds. The molecule has 2 aliphatic heterocycles. The monoisotopic (exact) mass is 298 g/mol. The lowest BCUT2D eigenvalue weighted by Crippen LogP contribution is -2.46. The normalized spacial score (nSPS) is 24.6. The molecule has 0 aromatic heterocycles. The minimum absolute atomic E-state index is 0.649. The van der Waals surface area contributed by atoms with Crippen LogP contribution in [0.1, 0.15) is 19.8 Å². The molecular formula is C15H30N4O2. The van der Waals surface area contributed by atoms with Crippen molar-refractivity contribution in [2.45, 2.75) is 25.8 Å². The maximum Gasteiger partial charge on any atom is 0.193 e. The lowest BCUT2D eigenvalue weighted by atomic mass is 10.2. The Morgan fingerprint density at radius 3 is 2.86 bits per heavy atom. The van der Waals surface area contributed by atoms with E-state index in [1.807, 2.05) is 14.0 Å². The zero-order valence-corrected chi connectivity index (χ0v) is 13.5. The highest BCUT2D eigenvalue weighted by molar-refractivity contribution is 5.80. The number of hydrogen-bond acceptors (Lipinski definition) is 4. The number of ether oxygens (including phenoxy) is 2. The van der Waals surface area contributed by atoms with Crippen molar-refractivity contribution in [3.05, 3.63) is 0 Å². The molecule has 21 heavy (non-hydrogen) atoms. The number of morpholine rings is 1. The van der Waals surface area contributed by atoms with E-state index in [9.17, 15) is 0 Å². The number of hydrogen-bond donors (Lipinski definition) is 1. The van der Waals surface area contributed by atoms with E-state index in [4.69, 9.17) is 9.47 Å². The number of nitrogens with one attached hydrogen (secondary N) is 1. The predicted molar refractivity (Wildman–Crippen MR) is 84.8 cm³/mol. The van der Waals surface area contributed by atoms with Gasteiger partial charge in [0.2, 0.25) is 0 Å². The van der Waals surface area contributed by atoms with Gasteiger partial charge in [-0.2, -0.15) is 0 Å². The van der Waals surface area contributed by atoms with Crippen molar-refractivity contribution in [3.8, 4) is 0 Å². The number of nitrogens with zero attached hydrogens (tertiary/aromatic N) is 3. The zero-order valence-electron chi connectivity index (χ0n) is 13.5. The van der Waals surface area contributed by atoms with Crippen LogP contribution in [0, 0.1) is 0 Å². The summed E-state index contributed by atoms with van der Waals surface area (Å²) in [6, 6.07) is 0.649. The van der Waals surface area contributed by atoms with Crippen LogP contribution in [-0.4, -0.2) is 88.0 Å². The summed E-state index contributed by atoms with van der Waals surface area (Å²) in [5, 5.41) is 3.45. The summed E-state index contributed by atoms with van der Waals surface area (Å²) < 4.78 is 10.8. The highest BCUT2D eigenvalue weighted by Gasteiger charge is 2.30. The highest BCUT2D eigenvalue weighted by Crippen LogP contribution is 2.16. The maximum absolute atomic E-state index is 5.44. The zero-order chi connectivity index (χ0) is 14.9. The van der Waals surface area contributed by atoms with Gasteiger partial charge in [-0.25, -0.2) is 0 Å². The molecule has 2 fully saturated rings. The number of likely N-dealkylation sites (tertiary alicyclic amines) is 1. The number of aliphatic imine (C=N–C) groups is 1. The molecule has 2 saturated heterocycles. The Balaban J connectivity index is 1.70. The minimum atomic E-state index is 0.649. The van der Waals surface area contributed by atoms with Gasteiger partial charge in [0.1, 0.15) is 0 Å². The standard InChI is InChI=1S/C15H30N4O2/c1-3-20-10-4-6-17-15(16-2)19-7-5-14(13-19)18-8-11-21-12-9-18/h14H,3-13H2,1-2H3,(H,16,17). The van der Waals surface area contributed by atoms with Crippen molar-refractivity contribution < 1.29 is 9.47 Å². The maximum atomic E-state index is 5.44. The Morgan fingerprint density at radius 1 is 1.33 bits per heavy atom. The second kappa shape index (κ2) is 9.23. The summed E-state index contributed by atoms with van der Waals surface area (Å²) >= 11 is 0. The third-order valence-electron chi connectivity index (χ3n) is 4.19. The second-order valence-electron chi connectivity index (χ2n) is 5.56. The molecule has 0 aromatic carbocycles. The Morgan fingerprint density at radius 2 is 2.14 bits per heavy atom. The Bertz CT molecular complexity index is 319. The predicted octanol–water partition coefficient (Wildman–Crippen LogP) is 0.395. The molecule has 0 spiro atoms. The number of rotatable bonds is 6. The quantitative estimate of drug-likeness (QED) is 0.437. The van der Waals surface area contributed by atoms with Gasteiger partial charge in [0.25, 0.3) is 0 Å². The van der Waals surface area contributed by atoms with E-state index >= 15 is 0 Å². The van der Waals surface area contributed by atoms with Crippen LogP contribution in [0.5, 0.6) is 0 Å². The molecule has 0 saturated carbocycles. The van der Waals surface area contributed by atoms with Crippen molar-refractivity contribution in [2.75, 3.05) is 66.2 Å². The van der Waals surface area contributed by atoms with Crippen molar-refractivity contribution in [1.29, 1.82) is 0 Å². The van der Waals surface area contributed by atoms with Crippen molar-refractivity contribution >= 4 is 5.96 Å². The summed E-state index contributed by atoms with van der Waals surface area (Å²) in [5.74, 6) is 1.03. The van der Waals surface area contributed by atoms with Crippen LogP contribution >= 0.6 is 0 Å². The van der Waals surface area contributed by atoms with Crippen LogP contribution < -0.4 is 5.32 Å². The SMILES string of the molecule is CCOCCCNC(=NC)N1CCC(N2CCOCC2)C1. The smallest absolute Gasteiger partial charge is 0.193 e. The Labute approximate surface area is 128 Å². The van der Waals surface area contributed by atoms with Gasteiger partial charge in [0.15, 0.2) is 5.96 Å². The van der Waals surface area contributed by atoms with E-state index in [-0.39, 0.29) is 0 Å². The van der Waals surface area contributed by atoms with Gasteiger partial charge in [0, 0.05) is 59.0 Å². The van der Waals surface area contributed by atoms with Crippen LogP contribution in [0.4, 0.5) is 0 Å². The molecule has 2 heterocycles. The van der Waals surface area contributed by atoms with Crippen molar-refractivity contribution in [3.63, 3.8) is 0 Å². The van der Waals surface area contributed by atoms with E-state index in [1.165, 1.54) is 6.42 Å². The molecular weight excluding hydrogens is 268 g/mol. The molecule has 0 bridgehead atoms. The average Bonchev–Trinajstić information content (AvgIpc) is 3.01. The van der Waals surface area contributed by atoms with E-state index < -0.39 is 0 Å². The van der Waals surface area contributed by atoms with Crippen LogP contribution in [-0.2, 0) is 9.47 Å². The van der Waals surface area contributed by atoms with Gasteiger partial charge in [-0.1, -0.05) is 0 Å². The summed E-state index contributed by atoms with van der Waals surface area (Å²) in [6.07, 6.45) is 2.24. The second-order valence-corrected chi connectivity index (χ2v) is 5.56. The molecule has 1 atom stereocenters. The van der Waals surface area contributed by atoms with Crippen molar-refractivity contribution in [2.24, 2.45) is 4.99 Å². The van der Waals surface area contributed by atoms with Gasteiger partial charge in [-0.3, -0.25) is 9.89 Å². The average molecular weight is 298 g/mol. The van der Waals surface area contributed by atoms with E-state index in [2.05, 4.69) is 20.1 Å². The first-order chi connectivity index (χ1) is 10.3. The fraction of sp³-hybridized carbons (Fsp3) is 0.933. The molecule has 0 aromatic rings. The molecule has 0 radical (unpaired) electrons. The molecule has 1 unspecified atom stereocenters. The molecule has 2 rings (SSSR count). The third-order valence-corrected chi connectivity index (χ3v) is 4.19. The van der Waals surface area contributed by atoms with Crippen LogP contribution in [0.25, 0.3) is 0 Å². The topological polar surface area (TPSA) is 49.3 Å². The van der Waals surface area contributed by atoms with Gasteiger partial charge >= 0.3 is 0 Å². The van der Waals surface area contributed by atoms with Crippen LogP contribution in [0.15, 0.2) is 4.99 Å². The van der Waals surface area contributed by atoms with E-state index in [0.717, 1.165) is 71.5 Å². The Kier molecular flexibility index (Phi) is 7.26. The molecule has 122 valence electrons. The van der Waals surface area contributed by atoms with Gasteiger partial charge in [-0.05, 0) is 19.8 Å². The van der Waals surface area contributed by atoms with E-state index in [1.54, 1.807) is 0 Å². The first-order valence-corrected chi connectivity index (χ1v) is 8.20. The lowest BCUT2D eigenvalue weighted by Gasteiger charge is -2.32. The molecule has 2 aliphatic rings. The van der Waals surface area contributed by atoms with Gasteiger partial charge < -0.3 is 19.7 Å². The summed E-state index contributed by atoms with van der Waals surface area (Å²) in [7, 11) is 1.87. The first-order valence-electron chi connectivity index (χ1n) is 8.20. The highest BCUT2D eigenvalue weighted by atomic mass is 16.5. The van der Waals surface area contributed by atoms with Gasteiger partial charge in [-0.15, -0.1) is 0 Å². The summed E-state index contributed by atoms with van der Waals surface area (Å²) in [4.78, 5) is 9.35. The molecule has 1 N–H and O–H groups in total. The molecule has 6 heteroatoms. The lowest BCUT2D eigenvalue weighted by molar-refractivity contribution is 0.0195. The van der Waals surface area contributed by atoms with Crippen molar-refractivity contribution in [1.82, 2.24) is 15.1 Å². The first kappa shape index (κ1) is 16.5. The fourth-order valence-electron chi connectivity index (χ4n) is 3.03. The van der Waals surface area contributed by atoms with Gasteiger partial charge in [0.05, 0.1) is 13.2 Å². The van der Waals surface area contributed by atoms with Crippen LogP contribution in [0.2, 0.25) is 0 Å². The Hall–Kier alpha value is -0.850. The summed E-state index contributed by atoms with van der Waals surface area (Å²) in [6.45, 7) is 10.6. The molecule has 0 aliphatic carbocycles. The summed E-state index contributed by atoms with van der Waals surface area (Å²) in [5.41, 5.74) is 0. The fourth-order valence-corrected chi connectivity index (χ4v) is 3.03. The largest absolute Gasteiger partial charge is 0.382 e. The van der Waals surface area contributed by atoms with E-state index in [0.29, 0.717) is 6.04 Å². The van der Waals surface area contributed by atoms with Crippen LogP contribution in [0.3, 0.4) is 0 Å². The molecule has 6 nitrogen and oxygen atoms in total.